The Labute approximate surface area is 139 Å². The first-order valence-electron chi connectivity index (χ1n) is 7.50. The van der Waals surface area contributed by atoms with Gasteiger partial charge in [0.1, 0.15) is 12.3 Å². The predicted octanol–water partition coefficient (Wildman–Crippen LogP) is 2.58. The average molecular weight is 330 g/mol. The molecule has 1 unspecified atom stereocenters. The fourth-order valence-corrected chi connectivity index (χ4v) is 2.98. The summed E-state index contributed by atoms with van der Waals surface area (Å²) in [6, 6.07) is 12.2. The molecule has 3 aromatic rings. The monoisotopic (exact) mass is 330 g/mol. The summed E-state index contributed by atoms with van der Waals surface area (Å²) in [5.74, 6) is 2.13. The molecule has 2 aromatic heterocycles. The SMILES string of the molecule is COc1ccc(C[NH+](C)[C@@H](C)c2nnc(-c3cccs3)o2)cc1. The molecule has 0 radical (unpaired) electrons. The molecule has 0 aliphatic heterocycles. The maximum absolute atomic E-state index is 5.83. The Bertz CT molecular complexity index is 738. The minimum absolute atomic E-state index is 0.123. The fraction of sp³-hybridized carbons (Fsp3) is 0.294. The van der Waals surface area contributed by atoms with Crippen LogP contribution in [0.15, 0.2) is 46.2 Å². The standard InChI is InChI=1S/C17H19N3O2S/c1-12(16-18-19-17(22-16)15-5-4-10-23-15)20(2)11-13-6-8-14(21-3)9-7-13/h4-10,12H,11H2,1-3H3/p+1/t12-/m0/s1. The van der Waals surface area contributed by atoms with Crippen LogP contribution in [-0.2, 0) is 6.54 Å². The Morgan fingerprint density at radius 3 is 2.65 bits per heavy atom. The first kappa shape index (κ1) is 15.7. The lowest BCUT2D eigenvalue weighted by Crippen LogP contribution is -3.07. The second kappa shape index (κ2) is 6.93. The molecule has 0 amide bonds. The van der Waals surface area contributed by atoms with Crippen LogP contribution < -0.4 is 9.64 Å². The highest BCUT2D eigenvalue weighted by Crippen LogP contribution is 2.24. The van der Waals surface area contributed by atoms with E-state index in [9.17, 15) is 0 Å². The molecule has 0 saturated heterocycles. The molecule has 2 heterocycles. The van der Waals surface area contributed by atoms with Gasteiger partial charge in [-0.15, -0.1) is 21.5 Å². The second-order valence-corrected chi connectivity index (χ2v) is 6.46. The Morgan fingerprint density at radius 1 is 1.22 bits per heavy atom. The molecule has 2 atom stereocenters. The summed E-state index contributed by atoms with van der Waals surface area (Å²) in [6.07, 6.45) is 0. The summed E-state index contributed by atoms with van der Waals surface area (Å²) < 4.78 is 11.0. The van der Waals surface area contributed by atoms with Crippen molar-refractivity contribution in [1.29, 1.82) is 0 Å². The van der Waals surface area contributed by atoms with Gasteiger partial charge >= 0.3 is 0 Å². The number of aromatic nitrogens is 2. The van der Waals surface area contributed by atoms with Gasteiger partial charge < -0.3 is 14.1 Å². The summed E-state index contributed by atoms with van der Waals surface area (Å²) in [6.45, 7) is 2.98. The van der Waals surface area contributed by atoms with Crippen molar-refractivity contribution in [3.63, 3.8) is 0 Å². The number of thiophene rings is 1. The van der Waals surface area contributed by atoms with Gasteiger partial charge in [-0.1, -0.05) is 6.07 Å². The number of nitrogens with zero attached hydrogens (tertiary/aromatic N) is 2. The molecule has 6 heteroatoms. The zero-order chi connectivity index (χ0) is 16.2. The van der Waals surface area contributed by atoms with Gasteiger partial charge in [0, 0.05) is 5.56 Å². The van der Waals surface area contributed by atoms with Crippen molar-refractivity contribution in [2.24, 2.45) is 0 Å². The molecule has 120 valence electrons. The smallest absolute Gasteiger partial charge is 0.274 e. The van der Waals surface area contributed by atoms with Crippen LogP contribution in [0.1, 0.15) is 24.4 Å². The van der Waals surface area contributed by atoms with Gasteiger partial charge in [-0.3, -0.25) is 0 Å². The molecule has 1 N–H and O–H groups in total. The van der Waals surface area contributed by atoms with E-state index >= 15 is 0 Å². The molecule has 0 aliphatic carbocycles. The number of hydrogen-bond acceptors (Lipinski definition) is 5. The highest BCUT2D eigenvalue weighted by molar-refractivity contribution is 7.13. The molecule has 0 fully saturated rings. The van der Waals surface area contributed by atoms with E-state index in [1.54, 1.807) is 18.4 Å². The lowest BCUT2D eigenvalue weighted by atomic mass is 10.2. The zero-order valence-corrected chi connectivity index (χ0v) is 14.3. The number of nitrogens with one attached hydrogen (secondary N) is 1. The summed E-state index contributed by atoms with van der Waals surface area (Å²) in [5.41, 5.74) is 1.24. The van der Waals surface area contributed by atoms with Gasteiger partial charge in [0.2, 0.25) is 0 Å². The maximum atomic E-state index is 5.83. The van der Waals surface area contributed by atoms with Crippen LogP contribution in [0, 0.1) is 0 Å². The van der Waals surface area contributed by atoms with Gasteiger partial charge in [-0.05, 0) is 42.6 Å². The van der Waals surface area contributed by atoms with Crippen molar-refractivity contribution in [2.45, 2.75) is 19.5 Å². The van der Waals surface area contributed by atoms with Crippen LogP contribution in [-0.4, -0.2) is 24.4 Å². The molecule has 1 aromatic carbocycles. The fourth-order valence-electron chi connectivity index (χ4n) is 2.34. The van der Waals surface area contributed by atoms with Crippen molar-refractivity contribution in [3.05, 3.63) is 53.2 Å². The minimum atomic E-state index is 0.123. The molecule has 5 nitrogen and oxygen atoms in total. The predicted molar refractivity (Wildman–Crippen MR) is 89.6 cm³/mol. The molecular weight excluding hydrogens is 310 g/mol. The van der Waals surface area contributed by atoms with Crippen LogP contribution in [0.4, 0.5) is 0 Å². The summed E-state index contributed by atoms with van der Waals surface area (Å²) in [4.78, 5) is 2.29. The van der Waals surface area contributed by atoms with E-state index < -0.39 is 0 Å². The lowest BCUT2D eigenvalue weighted by Gasteiger charge is -2.18. The normalized spacial score (nSPS) is 13.7. The molecular formula is C17H20N3O2S+. The maximum Gasteiger partial charge on any atom is 0.274 e. The average Bonchev–Trinajstić information content (AvgIpc) is 3.26. The minimum Gasteiger partial charge on any atom is -0.497 e. The van der Waals surface area contributed by atoms with E-state index in [0.717, 1.165) is 17.2 Å². The van der Waals surface area contributed by atoms with Crippen LogP contribution in [0.25, 0.3) is 10.8 Å². The van der Waals surface area contributed by atoms with Crippen molar-refractivity contribution in [3.8, 4) is 16.5 Å². The number of hydrogen-bond donors (Lipinski definition) is 1. The van der Waals surface area contributed by atoms with Gasteiger partial charge in [0.05, 0.1) is 19.0 Å². The van der Waals surface area contributed by atoms with Crippen LogP contribution >= 0.6 is 11.3 Å². The summed E-state index contributed by atoms with van der Waals surface area (Å²) >= 11 is 1.60. The number of benzene rings is 1. The Hall–Kier alpha value is -2.18. The van der Waals surface area contributed by atoms with Gasteiger partial charge in [-0.25, -0.2) is 0 Å². The van der Waals surface area contributed by atoms with E-state index in [2.05, 4.69) is 36.3 Å². The van der Waals surface area contributed by atoms with Crippen LogP contribution in [0.5, 0.6) is 5.75 Å². The van der Waals surface area contributed by atoms with Crippen molar-refractivity contribution in [1.82, 2.24) is 10.2 Å². The number of methoxy groups -OCH3 is 1. The van der Waals surface area contributed by atoms with E-state index in [1.165, 1.54) is 10.5 Å². The number of rotatable bonds is 6. The largest absolute Gasteiger partial charge is 0.497 e. The molecule has 0 spiro atoms. The molecule has 0 saturated carbocycles. The van der Waals surface area contributed by atoms with Crippen LogP contribution in [0.2, 0.25) is 0 Å². The third-order valence-electron chi connectivity index (χ3n) is 3.92. The van der Waals surface area contributed by atoms with Crippen molar-refractivity contribution < 1.29 is 14.1 Å². The summed E-state index contributed by atoms with van der Waals surface area (Å²) in [5, 5.41) is 10.4. The highest BCUT2D eigenvalue weighted by atomic mass is 32.1. The van der Waals surface area contributed by atoms with Crippen molar-refractivity contribution in [2.75, 3.05) is 14.2 Å². The van der Waals surface area contributed by atoms with Gasteiger partial charge in [0.15, 0.2) is 6.04 Å². The number of ether oxygens (including phenoxy) is 1. The van der Waals surface area contributed by atoms with Gasteiger partial charge in [0.25, 0.3) is 11.8 Å². The second-order valence-electron chi connectivity index (χ2n) is 5.52. The first-order chi connectivity index (χ1) is 11.2. The van der Waals surface area contributed by atoms with Crippen LogP contribution in [0.3, 0.4) is 0 Å². The quantitative estimate of drug-likeness (QED) is 0.755. The van der Waals surface area contributed by atoms with E-state index in [4.69, 9.17) is 9.15 Å². The lowest BCUT2D eigenvalue weighted by molar-refractivity contribution is -0.925. The molecule has 0 aliphatic rings. The summed E-state index contributed by atoms with van der Waals surface area (Å²) in [7, 11) is 3.80. The third-order valence-corrected chi connectivity index (χ3v) is 4.78. The van der Waals surface area contributed by atoms with E-state index in [0.29, 0.717) is 11.8 Å². The zero-order valence-electron chi connectivity index (χ0n) is 13.4. The Balaban J connectivity index is 1.68. The first-order valence-corrected chi connectivity index (χ1v) is 8.38. The molecule has 23 heavy (non-hydrogen) atoms. The highest BCUT2D eigenvalue weighted by Gasteiger charge is 2.22. The third kappa shape index (κ3) is 3.60. The van der Waals surface area contributed by atoms with Crippen molar-refractivity contribution >= 4 is 11.3 Å². The number of quaternary nitrogens is 1. The van der Waals surface area contributed by atoms with E-state index in [-0.39, 0.29) is 6.04 Å². The van der Waals surface area contributed by atoms with Gasteiger partial charge in [-0.2, -0.15) is 0 Å². The topological polar surface area (TPSA) is 52.6 Å². The Morgan fingerprint density at radius 2 is 2.00 bits per heavy atom. The molecule has 3 rings (SSSR count). The van der Waals surface area contributed by atoms with E-state index in [1.807, 2.05) is 29.6 Å². The molecule has 0 bridgehead atoms. The Kier molecular flexibility index (Phi) is 4.73.